The smallest absolute Gasteiger partial charge is 0.331 e. The van der Waals surface area contributed by atoms with E-state index < -0.39 is 18.0 Å². The van der Waals surface area contributed by atoms with Crippen LogP contribution in [0.4, 0.5) is 5.69 Å². The Morgan fingerprint density at radius 2 is 1.87 bits per heavy atom. The normalized spacial score (nSPS) is 11.7. The third kappa shape index (κ3) is 6.65. The van der Waals surface area contributed by atoms with Crippen LogP contribution in [0.15, 0.2) is 36.4 Å². The minimum absolute atomic E-state index is 0.348. The van der Waals surface area contributed by atoms with Gasteiger partial charge in [0.05, 0.1) is 31.5 Å². The highest BCUT2D eigenvalue weighted by atomic mass is 35.5. The van der Waals surface area contributed by atoms with Gasteiger partial charge in [-0.25, -0.2) is 4.79 Å². The fraction of sp³-hybridized carbons (Fsp3) is 0.304. The van der Waals surface area contributed by atoms with Gasteiger partial charge in [0.25, 0.3) is 5.91 Å². The molecule has 0 radical (unpaired) electrons. The summed E-state index contributed by atoms with van der Waals surface area (Å²) in [6.45, 7) is 5.65. The van der Waals surface area contributed by atoms with Crippen LogP contribution >= 0.6 is 11.6 Å². The Morgan fingerprint density at radius 3 is 2.52 bits per heavy atom. The van der Waals surface area contributed by atoms with E-state index in [0.29, 0.717) is 40.1 Å². The molecular formula is C23H26ClNO6. The zero-order valence-corrected chi connectivity index (χ0v) is 18.9. The lowest BCUT2D eigenvalue weighted by Crippen LogP contribution is -2.29. The molecule has 0 saturated carbocycles. The first-order chi connectivity index (χ1) is 14.8. The summed E-state index contributed by atoms with van der Waals surface area (Å²) < 4.78 is 21.2. The number of halogens is 1. The average Bonchev–Trinajstić information content (AvgIpc) is 2.72. The maximum absolute atomic E-state index is 12.4. The number of carbonyl (C=O) groups excluding carboxylic acids is 2. The number of hydrogen-bond acceptors (Lipinski definition) is 6. The van der Waals surface area contributed by atoms with Gasteiger partial charge >= 0.3 is 5.97 Å². The van der Waals surface area contributed by atoms with Crippen LogP contribution in [0.3, 0.4) is 0 Å². The zero-order chi connectivity index (χ0) is 23.0. The number of nitrogens with one attached hydrogen (secondary N) is 1. The molecule has 1 unspecified atom stereocenters. The van der Waals surface area contributed by atoms with Gasteiger partial charge in [-0.15, -0.1) is 0 Å². The van der Waals surface area contributed by atoms with E-state index in [1.165, 1.54) is 33.3 Å². The van der Waals surface area contributed by atoms with Crippen molar-refractivity contribution in [3.05, 3.63) is 52.6 Å². The van der Waals surface area contributed by atoms with Crippen molar-refractivity contribution in [2.75, 3.05) is 26.1 Å². The van der Waals surface area contributed by atoms with E-state index in [2.05, 4.69) is 5.32 Å². The lowest BCUT2D eigenvalue weighted by molar-refractivity contribution is -0.148. The van der Waals surface area contributed by atoms with Crippen molar-refractivity contribution in [3.8, 4) is 17.2 Å². The lowest BCUT2D eigenvalue weighted by atomic mass is 10.2. The number of rotatable bonds is 9. The number of benzene rings is 2. The first-order valence-electron chi connectivity index (χ1n) is 9.63. The van der Waals surface area contributed by atoms with Gasteiger partial charge in [-0.2, -0.15) is 0 Å². The molecule has 31 heavy (non-hydrogen) atoms. The van der Waals surface area contributed by atoms with Crippen molar-refractivity contribution >= 4 is 35.2 Å². The van der Waals surface area contributed by atoms with E-state index in [-0.39, 0.29) is 0 Å². The van der Waals surface area contributed by atoms with E-state index in [1.54, 1.807) is 24.3 Å². The van der Waals surface area contributed by atoms with E-state index in [1.807, 2.05) is 19.9 Å². The van der Waals surface area contributed by atoms with Crippen molar-refractivity contribution in [2.24, 2.45) is 0 Å². The number of anilines is 1. The van der Waals surface area contributed by atoms with Crippen molar-refractivity contribution < 1.29 is 28.5 Å². The molecule has 2 aromatic rings. The third-order valence-electron chi connectivity index (χ3n) is 4.22. The second kappa shape index (κ2) is 11.3. The predicted octanol–water partition coefficient (Wildman–Crippen LogP) is 4.65. The number of carbonyl (C=O) groups is 2. The van der Waals surface area contributed by atoms with Gasteiger partial charge < -0.3 is 24.3 Å². The summed E-state index contributed by atoms with van der Waals surface area (Å²) in [5.74, 6) is 0.241. The lowest BCUT2D eigenvalue weighted by Gasteiger charge is -2.15. The zero-order valence-electron chi connectivity index (χ0n) is 18.2. The molecule has 1 N–H and O–H groups in total. The van der Waals surface area contributed by atoms with Crippen molar-refractivity contribution in [3.63, 3.8) is 0 Å². The number of methoxy groups -OCH3 is 2. The Labute approximate surface area is 186 Å². The molecule has 8 heteroatoms. The fourth-order valence-electron chi connectivity index (χ4n) is 2.73. The Bertz CT molecular complexity index is 973. The van der Waals surface area contributed by atoms with Gasteiger partial charge in [-0.3, -0.25) is 4.79 Å². The molecule has 7 nitrogen and oxygen atoms in total. The molecule has 0 aliphatic carbocycles. The summed E-state index contributed by atoms with van der Waals surface area (Å²) in [4.78, 5) is 24.6. The van der Waals surface area contributed by atoms with Crippen LogP contribution in [-0.2, 0) is 14.3 Å². The minimum atomic E-state index is -1.01. The fourth-order valence-corrected chi connectivity index (χ4v) is 3.03. The summed E-state index contributed by atoms with van der Waals surface area (Å²) in [5, 5.41) is 3.06. The van der Waals surface area contributed by atoms with Crippen LogP contribution in [0.1, 0.15) is 25.0 Å². The summed E-state index contributed by atoms with van der Waals surface area (Å²) in [5.41, 5.74) is 2.07. The quantitative estimate of drug-likeness (QED) is 0.445. The Morgan fingerprint density at radius 1 is 1.13 bits per heavy atom. The van der Waals surface area contributed by atoms with Crippen LogP contribution < -0.4 is 19.5 Å². The molecule has 1 amide bonds. The van der Waals surface area contributed by atoms with E-state index in [4.69, 9.17) is 30.5 Å². The number of amides is 1. The molecule has 1 atom stereocenters. The van der Waals surface area contributed by atoms with Crippen LogP contribution in [0.25, 0.3) is 6.08 Å². The maximum Gasteiger partial charge on any atom is 0.331 e. The summed E-state index contributed by atoms with van der Waals surface area (Å²) in [6, 6.07) is 8.71. The molecule has 2 aromatic carbocycles. The third-order valence-corrected chi connectivity index (χ3v) is 4.50. The van der Waals surface area contributed by atoms with Crippen LogP contribution in [0, 0.1) is 6.92 Å². The molecule has 0 fully saturated rings. The molecule has 0 aromatic heterocycles. The largest absolute Gasteiger partial charge is 0.495 e. The Kier molecular flexibility index (Phi) is 8.75. The first-order valence-corrected chi connectivity index (χ1v) is 10.0. The molecule has 0 heterocycles. The maximum atomic E-state index is 12.4. The van der Waals surface area contributed by atoms with E-state index in [9.17, 15) is 9.59 Å². The van der Waals surface area contributed by atoms with Crippen LogP contribution in [-0.4, -0.2) is 38.8 Å². The SMILES string of the molecule is CCOc1cc(/C=C/C(=O)OC(C)C(=O)Nc2cc(C)ccc2OC)cc(Cl)c1OC. The van der Waals surface area contributed by atoms with Gasteiger partial charge in [0.1, 0.15) is 5.75 Å². The predicted molar refractivity (Wildman–Crippen MR) is 120 cm³/mol. The second-order valence-electron chi connectivity index (χ2n) is 6.57. The number of esters is 1. The summed E-state index contributed by atoms with van der Waals surface area (Å²) in [7, 11) is 3.01. The summed E-state index contributed by atoms with van der Waals surface area (Å²) in [6.07, 6.45) is 1.72. The minimum Gasteiger partial charge on any atom is -0.495 e. The van der Waals surface area contributed by atoms with Crippen molar-refractivity contribution in [1.29, 1.82) is 0 Å². The average molecular weight is 448 g/mol. The highest BCUT2D eigenvalue weighted by Crippen LogP contribution is 2.36. The molecule has 0 saturated heterocycles. The summed E-state index contributed by atoms with van der Waals surface area (Å²) >= 11 is 6.21. The molecule has 2 rings (SSSR count). The Balaban J connectivity index is 2.04. The monoisotopic (exact) mass is 447 g/mol. The topological polar surface area (TPSA) is 83.1 Å². The van der Waals surface area contributed by atoms with Gasteiger partial charge in [-0.05, 0) is 62.2 Å². The van der Waals surface area contributed by atoms with Crippen LogP contribution in [0.2, 0.25) is 5.02 Å². The number of hydrogen-bond donors (Lipinski definition) is 1. The van der Waals surface area contributed by atoms with Gasteiger partial charge in [0.2, 0.25) is 0 Å². The molecule has 0 bridgehead atoms. The van der Waals surface area contributed by atoms with Gasteiger partial charge in [-0.1, -0.05) is 17.7 Å². The molecule has 0 aliphatic rings. The highest BCUT2D eigenvalue weighted by molar-refractivity contribution is 6.32. The van der Waals surface area contributed by atoms with E-state index in [0.717, 1.165) is 5.56 Å². The Hall–Kier alpha value is -3.19. The van der Waals surface area contributed by atoms with Crippen LogP contribution in [0.5, 0.6) is 17.2 Å². The van der Waals surface area contributed by atoms with E-state index >= 15 is 0 Å². The molecule has 166 valence electrons. The molecule has 0 aliphatic heterocycles. The van der Waals surface area contributed by atoms with Crippen molar-refractivity contribution in [1.82, 2.24) is 0 Å². The van der Waals surface area contributed by atoms with Gasteiger partial charge in [0.15, 0.2) is 17.6 Å². The first kappa shape index (κ1) is 24.1. The van der Waals surface area contributed by atoms with Gasteiger partial charge in [0, 0.05) is 6.08 Å². The second-order valence-corrected chi connectivity index (χ2v) is 6.98. The molecule has 0 spiro atoms. The standard InChI is InChI=1S/C23H26ClNO6/c1-6-30-20-13-16(12-17(24)22(20)29-5)8-10-21(26)31-15(3)23(27)25-18-11-14(2)7-9-19(18)28-4/h7-13,15H,6H2,1-5H3,(H,25,27)/b10-8+. The number of aryl methyl sites for hydroxylation is 1. The molecular weight excluding hydrogens is 422 g/mol. The highest BCUT2D eigenvalue weighted by Gasteiger charge is 2.18. The van der Waals surface area contributed by atoms with Crippen molar-refractivity contribution in [2.45, 2.75) is 26.9 Å². The number of ether oxygens (including phenoxy) is 4.